The van der Waals surface area contributed by atoms with E-state index < -0.39 is 11.9 Å². The average Bonchev–Trinajstić information content (AvgIpc) is 2.32. The molecule has 6 heteroatoms. The molecule has 1 aromatic rings. The van der Waals surface area contributed by atoms with E-state index >= 15 is 0 Å². The zero-order valence-corrected chi connectivity index (χ0v) is 8.90. The Morgan fingerprint density at radius 1 is 1.62 bits per heavy atom. The summed E-state index contributed by atoms with van der Waals surface area (Å²) in [5, 5.41) is 19.0. The van der Waals surface area contributed by atoms with Gasteiger partial charge in [0.25, 0.3) is 5.91 Å². The Hall–Kier alpha value is -1.61. The normalized spacial score (nSPS) is 19.2. The SMILES string of the molecule is N#Cc1cccc2c1N(O)C(=O)C(NCl)C2. The number of para-hydroxylation sites is 1. The molecule has 2 N–H and O–H groups in total. The summed E-state index contributed by atoms with van der Waals surface area (Å²) in [6.45, 7) is 0. The third-order valence-electron chi connectivity index (χ3n) is 2.51. The van der Waals surface area contributed by atoms with Gasteiger partial charge in [-0.1, -0.05) is 12.1 Å². The molecule has 0 aliphatic carbocycles. The van der Waals surface area contributed by atoms with E-state index in [9.17, 15) is 10.0 Å². The van der Waals surface area contributed by atoms with Crippen LogP contribution in [0.15, 0.2) is 18.2 Å². The van der Waals surface area contributed by atoms with Crippen LogP contribution in [0.25, 0.3) is 0 Å². The molecule has 1 unspecified atom stereocenters. The lowest BCUT2D eigenvalue weighted by atomic mass is 9.96. The Balaban J connectivity index is 2.55. The van der Waals surface area contributed by atoms with Crippen molar-refractivity contribution in [1.29, 1.82) is 5.26 Å². The Morgan fingerprint density at radius 3 is 3.00 bits per heavy atom. The minimum absolute atomic E-state index is 0.248. The predicted molar refractivity (Wildman–Crippen MR) is 56.9 cm³/mol. The van der Waals surface area contributed by atoms with Gasteiger partial charge in [0.1, 0.15) is 12.1 Å². The Bertz CT molecular complexity index is 483. The maximum absolute atomic E-state index is 11.6. The van der Waals surface area contributed by atoms with Gasteiger partial charge in [0.2, 0.25) is 0 Å². The van der Waals surface area contributed by atoms with Crippen molar-refractivity contribution in [3.8, 4) is 6.07 Å². The molecule has 1 heterocycles. The molecule has 0 saturated heterocycles. The largest absolute Gasteiger partial charge is 0.281 e. The van der Waals surface area contributed by atoms with Gasteiger partial charge < -0.3 is 0 Å². The van der Waals surface area contributed by atoms with Gasteiger partial charge in [0, 0.05) is 6.42 Å². The number of anilines is 1. The van der Waals surface area contributed by atoms with Crippen LogP contribution >= 0.6 is 11.8 Å². The van der Waals surface area contributed by atoms with Crippen LogP contribution in [-0.4, -0.2) is 17.2 Å². The number of hydroxylamine groups is 1. The first-order valence-electron chi connectivity index (χ1n) is 4.60. The first-order valence-corrected chi connectivity index (χ1v) is 4.98. The first kappa shape index (κ1) is 10.9. The maximum atomic E-state index is 11.6. The van der Waals surface area contributed by atoms with Gasteiger partial charge in [0.15, 0.2) is 0 Å². The Labute approximate surface area is 96.9 Å². The molecule has 1 aromatic carbocycles. The van der Waals surface area contributed by atoms with Crippen LogP contribution < -0.4 is 9.90 Å². The fourth-order valence-corrected chi connectivity index (χ4v) is 1.92. The number of carbonyl (C=O) groups excluding carboxylic acids is 1. The van der Waals surface area contributed by atoms with Crippen molar-refractivity contribution in [2.24, 2.45) is 0 Å². The quantitative estimate of drug-likeness (QED) is 0.563. The van der Waals surface area contributed by atoms with Crippen molar-refractivity contribution in [3.63, 3.8) is 0 Å². The van der Waals surface area contributed by atoms with E-state index in [1.807, 2.05) is 6.07 Å². The fraction of sp³-hybridized carbons (Fsp3) is 0.200. The summed E-state index contributed by atoms with van der Waals surface area (Å²) in [6.07, 6.45) is 0.351. The zero-order valence-electron chi connectivity index (χ0n) is 8.14. The van der Waals surface area contributed by atoms with Crippen molar-refractivity contribution in [3.05, 3.63) is 29.3 Å². The summed E-state index contributed by atoms with van der Waals surface area (Å²) in [7, 11) is 0. The zero-order chi connectivity index (χ0) is 11.7. The lowest BCUT2D eigenvalue weighted by molar-refractivity contribution is -0.125. The van der Waals surface area contributed by atoms with Crippen molar-refractivity contribution in [1.82, 2.24) is 4.84 Å². The maximum Gasteiger partial charge on any atom is 0.269 e. The second-order valence-electron chi connectivity index (χ2n) is 3.44. The summed E-state index contributed by atoms with van der Waals surface area (Å²) in [5.74, 6) is -0.565. The van der Waals surface area contributed by atoms with Crippen LogP contribution in [0.2, 0.25) is 0 Å². The third kappa shape index (κ3) is 1.53. The molecule has 0 fully saturated rings. The van der Waals surface area contributed by atoms with Crippen molar-refractivity contribution in [2.75, 3.05) is 5.06 Å². The highest BCUT2D eigenvalue weighted by Crippen LogP contribution is 2.30. The van der Waals surface area contributed by atoms with Crippen molar-refractivity contribution >= 4 is 23.4 Å². The molecule has 1 aliphatic rings. The number of hydrogen-bond donors (Lipinski definition) is 2. The molecule has 1 aliphatic heterocycles. The van der Waals surface area contributed by atoms with Crippen LogP contribution in [0.1, 0.15) is 11.1 Å². The van der Waals surface area contributed by atoms with E-state index in [4.69, 9.17) is 17.0 Å². The van der Waals surface area contributed by atoms with Gasteiger partial charge in [-0.15, -0.1) is 0 Å². The number of amides is 1. The lowest BCUT2D eigenvalue weighted by Gasteiger charge is -2.29. The van der Waals surface area contributed by atoms with Crippen molar-refractivity contribution in [2.45, 2.75) is 12.5 Å². The smallest absolute Gasteiger partial charge is 0.269 e. The van der Waals surface area contributed by atoms with Crippen molar-refractivity contribution < 1.29 is 10.0 Å². The monoisotopic (exact) mass is 237 g/mol. The summed E-state index contributed by atoms with van der Waals surface area (Å²) >= 11 is 5.41. The van der Waals surface area contributed by atoms with Crippen LogP contribution in [0.4, 0.5) is 5.69 Å². The number of nitriles is 1. The molecule has 0 bridgehead atoms. The minimum Gasteiger partial charge on any atom is -0.281 e. The predicted octanol–water partition coefficient (Wildman–Crippen LogP) is 0.949. The molecule has 0 saturated carbocycles. The second-order valence-corrected chi connectivity index (χ2v) is 3.66. The molecular weight excluding hydrogens is 230 g/mol. The molecule has 82 valence electrons. The van der Waals surface area contributed by atoms with E-state index in [-0.39, 0.29) is 11.3 Å². The van der Waals surface area contributed by atoms with E-state index in [2.05, 4.69) is 4.84 Å². The number of rotatable bonds is 1. The number of hydrogen-bond acceptors (Lipinski definition) is 4. The summed E-state index contributed by atoms with van der Waals surface area (Å²) in [5.41, 5.74) is 1.22. The number of fused-ring (bicyclic) bond motifs is 1. The molecular formula is C10H8ClN3O2. The van der Waals surface area contributed by atoms with Gasteiger partial charge in [-0.25, -0.2) is 4.84 Å². The lowest BCUT2D eigenvalue weighted by Crippen LogP contribution is -2.47. The number of halogens is 1. The Kier molecular flexibility index (Phi) is 2.79. The molecule has 0 radical (unpaired) electrons. The van der Waals surface area contributed by atoms with Gasteiger partial charge in [-0.2, -0.15) is 10.3 Å². The fourth-order valence-electron chi connectivity index (χ4n) is 1.75. The van der Waals surface area contributed by atoms with Crippen LogP contribution in [0.3, 0.4) is 0 Å². The highest BCUT2D eigenvalue weighted by atomic mass is 35.5. The standard InChI is InChI=1S/C10H8ClN3O2/c11-13-8-4-6-2-1-3-7(5-12)9(6)14(16)10(8)15/h1-3,8,13,16H,4H2. The molecule has 0 spiro atoms. The average molecular weight is 238 g/mol. The van der Waals surface area contributed by atoms with E-state index in [1.165, 1.54) is 0 Å². The molecule has 16 heavy (non-hydrogen) atoms. The van der Waals surface area contributed by atoms with Crippen LogP contribution in [-0.2, 0) is 11.2 Å². The summed E-state index contributed by atoms with van der Waals surface area (Å²) in [6, 6.07) is 6.25. The summed E-state index contributed by atoms with van der Waals surface area (Å²) in [4.78, 5) is 13.9. The first-order chi connectivity index (χ1) is 7.69. The number of carbonyl (C=O) groups is 1. The topological polar surface area (TPSA) is 76.4 Å². The van der Waals surface area contributed by atoms with Crippen LogP contribution in [0.5, 0.6) is 0 Å². The van der Waals surface area contributed by atoms with Gasteiger partial charge >= 0.3 is 0 Å². The molecule has 5 nitrogen and oxygen atoms in total. The molecule has 1 atom stereocenters. The third-order valence-corrected chi connectivity index (χ3v) is 2.78. The Morgan fingerprint density at radius 2 is 2.38 bits per heavy atom. The van der Waals surface area contributed by atoms with E-state index in [0.29, 0.717) is 17.0 Å². The molecule has 0 aromatic heterocycles. The molecule has 2 rings (SSSR count). The number of nitrogens with one attached hydrogen (secondary N) is 1. The highest BCUT2D eigenvalue weighted by molar-refractivity contribution is 6.16. The van der Waals surface area contributed by atoms with E-state index in [0.717, 1.165) is 0 Å². The number of nitrogens with zero attached hydrogens (tertiary/aromatic N) is 2. The molecule has 1 amide bonds. The van der Waals surface area contributed by atoms with Gasteiger partial charge in [-0.3, -0.25) is 10.0 Å². The van der Waals surface area contributed by atoms with Gasteiger partial charge in [0.05, 0.1) is 11.3 Å². The summed E-state index contributed by atoms with van der Waals surface area (Å²) < 4.78 is 0. The van der Waals surface area contributed by atoms with Crippen LogP contribution in [0, 0.1) is 11.3 Å². The van der Waals surface area contributed by atoms with E-state index in [1.54, 1.807) is 18.2 Å². The number of benzene rings is 1. The highest BCUT2D eigenvalue weighted by Gasteiger charge is 2.33. The van der Waals surface area contributed by atoms with Gasteiger partial charge in [-0.05, 0) is 23.4 Å². The second kappa shape index (κ2) is 4.10. The minimum atomic E-state index is -0.673.